The van der Waals surface area contributed by atoms with Crippen LogP contribution in [0.2, 0.25) is 0 Å². The molecule has 0 aromatic heterocycles. The average molecular weight is 402 g/mol. The van der Waals surface area contributed by atoms with E-state index in [4.69, 9.17) is 0 Å². The summed E-state index contributed by atoms with van der Waals surface area (Å²) in [4.78, 5) is 2.11. The molecule has 2 rings (SSSR count). The number of sulfone groups is 2. The largest absolute Gasteiger partial charge is 0.301 e. The molecular formula is C19H31NO4S2. The zero-order valence-electron chi connectivity index (χ0n) is 16.4. The summed E-state index contributed by atoms with van der Waals surface area (Å²) in [5, 5.41) is -0.908. The highest BCUT2D eigenvalue weighted by molar-refractivity contribution is 7.96. The van der Waals surface area contributed by atoms with Gasteiger partial charge in [0, 0.05) is 6.04 Å². The first-order chi connectivity index (χ1) is 11.9. The Hall–Kier alpha value is -0.920. The normalized spacial score (nSPS) is 23.5. The second kappa shape index (κ2) is 7.60. The van der Waals surface area contributed by atoms with Crippen LogP contribution in [-0.4, -0.2) is 58.1 Å². The zero-order valence-corrected chi connectivity index (χ0v) is 18.0. The molecule has 1 aromatic carbocycles. The van der Waals surface area contributed by atoms with Gasteiger partial charge in [0.15, 0.2) is 19.7 Å². The Morgan fingerprint density at radius 1 is 1.12 bits per heavy atom. The number of rotatable bonds is 6. The first kappa shape index (κ1) is 21.4. The Morgan fingerprint density at radius 3 is 2.19 bits per heavy atom. The maximum Gasteiger partial charge on any atom is 0.183 e. The van der Waals surface area contributed by atoms with Crippen LogP contribution in [0.1, 0.15) is 46.1 Å². The van der Waals surface area contributed by atoms with Crippen LogP contribution in [0, 0.1) is 0 Å². The third-order valence-electron chi connectivity index (χ3n) is 5.15. The Bertz CT molecular complexity index is 821. The molecular weight excluding hydrogens is 370 g/mol. The van der Waals surface area contributed by atoms with Crippen LogP contribution >= 0.6 is 0 Å². The van der Waals surface area contributed by atoms with Gasteiger partial charge in [0.1, 0.15) is 0 Å². The lowest BCUT2D eigenvalue weighted by Gasteiger charge is -2.28. The molecule has 1 heterocycles. The summed E-state index contributed by atoms with van der Waals surface area (Å²) in [5.41, 5.74) is 0.981. The second-order valence-electron chi connectivity index (χ2n) is 8.34. The second-order valence-corrected chi connectivity index (χ2v) is 12.7. The molecule has 0 unspecified atom stereocenters. The molecule has 0 radical (unpaired) electrons. The van der Waals surface area contributed by atoms with Gasteiger partial charge in [0.2, 0.25) is 0 Å². The fourth-order valence-electron chi connectivity index (χ4n) is 3.40. The molecule has 1 aliphatic rings. The summed E-state index contributed by atoms with van der Waals surface area (Å²) in [5.74, 6) is -0.380. The van der Waals surface area contributed by atoms with Crippen LogP contribution in [0.3, 0.4) is 0 Å². The molecule has 5 nitrogen and oxygen atoms in total. The molecule has 0 N–H and O–H groups in total. The van der Waals surface area contributed by atoms with Crippen molar-refractivity contribution in [3.8, 4) is 0 Å². The zero-order chi connectivity index (χ0) is 19.8. The van der Waals surface area contributed by atoms with Gasteiger partial charge in [0.25, 0.3) is 0 Å². The van der Waals surface area contributed by atoms with Crippen molar-refractivity contribution in [3.05, 3.63) is 29.8 Å². The highest BCUT2D eigenvalue weighted by Gasteiger charge is 2.47. The van der Waals surface area contributed by atoms with Crippen molar-refractivity contribution < 1.29 is 16.8 Å². The van der Waals surface area contributed by atoms with Crippen molar-refractivity contribution in [2.24, 2.45) is 0 Å². The maximum absolute atomic E-state index is 13.2. The topological polar surface area (TPSA) is 71.5 Å². The van der Waals surface area contributed by atoms with Gasteiger partial charge < -0.3 is 4.90 Å². The first-order valence-corrected chi connectivity index (χ1v) is 12.5. The summed E-state index contributed by atoms with van der Waals surface area (Å²) in [6.07, 6.45) is 1.90. The van der Waals surface area contributed by atoms with E-state index in [9.17, 15) is 16.8 Å². The van der Waals surface area contributed by atoms with Crippen molar-refractivity contribution in [2.75, 3.05) is 25.1 Å². The molecule has 0 aliphatic carbocycles. The van der Waals surface area contributed by atoms with E-state index in [1.54, 1.807) is 12.1 Å². The molecule has 26 heavy (non-hydrogen) atoms. The molecule has 148 valence electrons. The number of hydrogen-bond donors (Lipinski definition) is 0. The van der Waals surface area contributed by atoms with E-state index in [1.807, 2.05) is 24.1 Å². The van der Waals surface area contributed by atoms with Crippen molar-refractivity contribution in [1.82, 2.24) is 4.90 Å². The smallest absolute Gasteiger partial charge is 0.183 e. The predicted molar refractivity (Wildman–Crippen MR) is 106 cm³/mol. The third-order valence-corrected chi connectivity index (χ3v) is 9.28. The van der Waals surface area contributed by atoms with Crippen LogP contribution in [0.25, 0.3) is 0 Å². The molecule has 1 saturated heterocycles. The Kier molecular flexibility index (Phi) is 6.25. The lowest BCUT2D eigenvalue weighted by atomic mass is 9.87. The molecule has 1 fully saturated rings. The van der Waals surface area contributed by atoms with E-state index in [0.29, 0.717) is 6.54 Å². The van der Waals surface area contributed by atoms with E-state index in [2.05, 4.69) is 27.7 Å². The monoisotopic (exact) mass is 401 g/mol. The average Bonchev–Trinajstić information content (AvgIpc) is 2.88. The Balaban J connectivity index is 2.35. The van der Waals surface area contributed by atoms with Crippen LogP contribution in [0.5, 0.6) is 0 Å². The summed E-state index contributed by atoms with van der Waals surface area (Å²) < 4.78 is 50.8. The Morgan fingerprint density at radius 2 is 1.69 bits per heavy atom. The van der Waals surface area contributed by atoms with Gasteiger partial charge in [-0.1, -0.05) is 46.2 Å². The molecule has 2 atom stereocenters. The standard InChI is InChI=1S/C19H31NO4S2/c1-6-7-12-20(5)17-13-25(21,22)14-18(17)26(23,24)16-10-8-15(9-11-16)19(2,3)4/h8-11,17-18H,6-7,12-14H2,1-5H3/t17-,18-/m0/s1. The van der Waals surface area contributed by atoms with E-state index in [-0.39, 0.29) is 21.8 Å². The summed E-state index contributed by atoms with van der Waals surface area (Å²) in [6.45, 7) is 8.96. The van der Waals surface area contributed by atoms with Crippen molar-refractivity contribution >= 4 is 19.7 Å². The van der Waals surface area contributed by atoms with Gasteiger partial charge in [-0.05, 0) is 43.1 Å². The van der Waals surface area contributed by atoms with Gasteiger partial charge in [-0.2, -0.15) is 0 Å². The fraction of sp³-hybridized carbons (Fsp3) is 0.684. The minimum atomic E-state index is -3.71. The SMILES string of the molecule is CCCCN(C)[C@H]1CS(=O)(=O)C[C@@H]1S(=O)(=O)c1ccc(C(C)(C)C)cc1. The van der Waals surface area contributed by atoms with Crippen LogP contribution in [0.4, 0.5) is 0 Å². The number of unbranched alkanes of at least 4 members (excludes halogenated alkanes) is 1. The quantitative estimate of drug-likeness (QED) is 0.733. The summed E-state index contributed by atoms with van der Waals surface area (Å²) in [6, 6.07) is 6.39. The van der Waals surface area contributed by atoms with E-state index in [0.717, 1.165) is 18.4 Å². The van der Waals surface area contributed by atoms with E-state index >= 15 is 0 Å². The van der Waals surface area contributed by atoms with Gasteiger partial charge in [0.05, 0.1) is 21.7 Å². The van der Waals surface area contributed by atoms with Crippen LogP contribution in [0.15, 0.2) is 29.2 Å². The van der Waals surface area contributed by atoms with Crippen molar-refractivity contribution in [1.29, 1.82) is 0 Å². The summed E-state index contributed by atoms with van der Waals surface area (Å²) in [7, 11) is -5.24. The molecule has 0 bridgehead atoms. The third kappa shape index (κ3) is 4.67. The van der Waals surface area contributed by atoms with Crippen LogP contribution in [-0.2, 0) is 25.1 Å². The molecule has 1 aromatic rings. The number of hydrogen-bond acceptors (Lipinski definition) is 5. The number of nitrogens with zero attached hydrogens (tertiary/aromatic N) is 1. The molecule has 0 spiro atoms. The van der Waals surface area contributed by atoms with E-state index < -0.39 is 31.0 Å². The first-order valence-electron chi connectivity index (χ1n) is 9.13. The highest BCUT2D eigenvalue weighted by Crippen LogP contribution is 2.30. The Labute approximate surface area is 158 Å². The lowest BCUT2D eigenvalue weighted by Crippen LogP contribution is -2.44. The molecule has 0 saturated carbocycles. The summed E-state index contributed by atoms with van der Waals surface area (Å²) >= 11 is 0. The van der Waals surface area contributed by atoms with Gasteiger partial charge in [-0.3, -0.25) is 0 Å². The van der Waals surface area contributed by atoms with Crippen molar-refractivity contribution in [2.45, 2.75) is 62.1 Å². The van der Waals surface area contributed by atoms with Gasteiger partial charge >= 0.3 is 0 Å². The lowest BCUT2D eigenvalue weighted by molar-refractivity contribution is 0.259. The van der Waals surface area contributed by atoms with E-state index in [1.165, 1.54) is 0 Å². The number of benzene rings is 1. The fourth-order valence-corrected chi connectivity index (χ4v) is 8.31. The molecule has 1 aliphatic heterocycles. The predicted octanol–water partition coefficient (Wildman–Crippen LogP) is 2.66. The minimum Gasteiger partial charge on any atom is -0.301 e. The van der Waals surface area contributed by atoms with Crippen molar-refractivity contribution in [3.63, 3.8) is 0 Å². The maximum atomic E-state index is 13.2. The van der Waals surface area contributed by atoms with Gasteiger partial charge in [-0.25, -0.2) is 16.8 Å². The highest BCUT2D eigenvalue weighted by atomic mass is 32.2. The molecule has 0 amide bonds. The van der Waals surface area contributed by atoms with Gasteiger partial charge in [-0.15, -0.1) is 0 Å². The minimum absolute atomic E-state index is 0.0676. The molecule has 7 heteroatoms. The van der Waals surface area contributed by atoms with Crippen LogP contribution < -0.4 is 0 Å².